The molecule has 2 N–H and O–H groups in total. The number of nitrogen functional groups attached to an aromatic ring is 1. The first kappa shape index (κ1) is 18.7. The summed E-state index contributed by atoms with van der Waals surface area (Å²) < 4.78 is 0. The lowest BCUT2D eigenvalue weighted by Crippen LogP contribution is -2.48. The van der Waals surface area contributed by atoms with Crippen molar-refractivity contribution < 1.29 is 4.79 Å². The van der Waals surface area contributed by atoms with E-state index in [-0.39, 0.29) is 5.91 Å². The average Bonchev–Trinajstić information content (AvgIpc) is 3.00. The fraction of sp³-hybridized carbons (Fsp3) is 0.636. The maximum absolute atomic E-state index is 13.8. The molecule has 2 fully saturated rings. The molecule has 2 aliphatic carbocycles. The van der Waals surface area contributed by atoms with E-state index >= 15 is 0 Å². The summed E-state index contributed by atoms with van der Waals surface area (Å²) in [6, 6.07) is 2.82. The molecule has 2 aliphatic rings. The number of carbonyl (C=O) groups excluding carboxylic acids is 1. The first-order valence-corrected chi connectivity index (χ1v) is 11.4. The highest BCUT2D eigenvalue weighted by Crippen LogP contribution is 2.38. The largest absolute Gasteiger partial charge is 0.397 e. The second-order valence-electron chi connectivity index (χ2n) is 8.40. The summed E-state index contributed by atoms with van der Waals surface area (Å²) in [5, 5.41) is 0.973. The Kier molecular flexibility index (Phi) is 5.40. The van der Waals surface area contributed by atoms with Gasteiger partial charge in [-0.1, -0.05) is 38.5 Å². The van der Waals surface area contributed by atoms with Crippen molar-refractivity contribution >= 4 is 33.1 Å². The van der Waals surface area contributed by atoms with Gasteiger partial charge in [-0.3, -0.25) is 4.79 Å². The molecule has 4 rings (SSSR count). The van der Waals surface area contributed by atoms with E-state index < -0.39 is 0 Å². The van der Waals surface area contributed by atoms with Crippen molar-refractivity contribution in [1.82, 2.24) is 9.88 Å². The molecular weight excluding hydrogens is 354 g/mol. The molecule has 0 bridgehead atoms. The lowest BCUT2D eigenvalue weighted by molar-refractivity contribution is 0.0454. The zero-order valence-electron chi connectivity index (χ0n) is 16.6. The van der Waals surface area contributed by atoms with Gasteiger partial charge in [0.2, 0.25) is 0 Å². The van der Waals surface area contributed by atoms with Gasteiger partial charge in [0.25, 0.3) is 5.91 Å². The molecule has 0 atom stereocenters. The first-order chi connectivity index (χ1) is 13.1. The van der Waals surface area contributed by atoms with Gasteiger partial charge in [-0.15, -0.1) is 11.3 Å². The lowest BCUT2D eigenvalue weighted by Gasteiger charge is -2.41. The minimum atomic E-state index is 0.159. The van der Waals surface area contributed by atoms with Crippen LogP contribution in [0.25, 0.3) is 10.2 Å². The van der Waals surface area contributed by atoms with E-state index in [1.165, 1.54) is 49.9 Å². The number of aryl methyl sites for hydroxylation is 2. The van der Waals surface area contributed by atoms with Crippen LogP contribution >= 0.6 is 11.3 Å². The Morgan fingerprint density at radius 3 is 2.15 bits per heavy atom. The number of thiophene rings is 1. The summed E-state index contributed by atoms with van der Waals surface area (Å²) >= 11 is 1.49. The molecule has 2 aromatic rings. The molecule has 2 heterocycles. The van der Waals surface area contributed by atoms with Crippen molar-refractivity contribution in [1.29, 1.82) is 0 Å². The van der Waals surface area contributed by atoms with E-state index in [9.17, 15) is 4.79 Å². The van der Waals surface area contributed by atoms with Crippen LogP contribution in [0.3, 0.4) is 0 Å². The van der Waals surface area contributed by atoms with Crippen LogP contribution < -0.4 is 5.73 Å². The SMILES string of the molecule is Cc1cc(C)c2c(N)c(C(=O)N(C3CCCCC3)C3CCCCC3)sc2n1. The van der Waals surface area contributed by atoms with Gasteiger partial charge in [0.15, 0.2) is 0 Å². The van der Waals surface area contributed by atoms with Crippen molar-refractivity contribution in [2.45, 2.75) is 90.1 Å². The van der Waals surface area contributed by atoms with Crippen molar-refractivity contribution in [3.05, 3.63) is 22.2 Å². The van der Waals surface area contributed by atoms with E-state index in [0.29, 0.717) is 22.6 Å². The van der Waals surface area contributed by atoms with E-state index in [2.05, 4.69) is 22.9 Å². The van der Waals surface area contributed by atoms with Crippen molar-refractivity contribution in [3.63, 3.8) is 0 Å². The lowest BCUT2D eigenvalue weighted by atomic mass is 9.88. The minimum Gasteiger partial charge on any atom is -0.397 e. The number of carbonyl (C=O) groups is 1. The van der Waals surface area contributed by atoms with Crippen LogP contribution in [-0.4, -0.2) is 27.9 Å². The molecule has 27 heavy (non-hydrogen) atoms. The predicted molar refractivity (Wildman–Crippen MR) is 113 cm³/mol. The van der Waals surface area contributed by atoms with Gasteiger partial charge in [0, 0.05) is 23.2 Å². The van der Waals surface area contributed by atoms with Gasteiger partial charge >= 0.3 is 0 Å². The molecule has 0 aliphatic heterocycles. The Balaban J connectivity index is 1.73. The molecule has 1 amide bonds. The molecule has 2 saturated carbocycles. The van der Waals surface area contributed by atoms with Crippen LogP contribution in [0.15, 0.2) is 6.07 Å². The summed E-state index contributed by atoms with van der Waals surface area (Å²) in [5.41, 5.74) is 9.25. The van der Waals surface area contributed by atoms with Crippen molar-refractivity contribution in [2.75, 3.05) is 5.73 Å². The molecule has 0 aromatic carbocycles. The molecule has 5 heteroatoms. The van der Waals surface area contributed by atoms with Gasteiger partial charge in [0.1, 0.15) is 9.71 Å². The van der Waals surface area contributed by atoms with Gasteiger partial charge in [0.05, 0.1) is 5.69 Å². The van der Waals surface area contributed by atoms with Crippen LogP contribution in [0.2, 0.25) is 0 Å². The molecule has 2 aromatic heterocycles. The van der Waals surface area contributed by atoms with Crippen LogP contribution in [-0.2, 0) is 0 Å². The molecular formula is C22H31N3OS. The number of pyridine rings is 1. The fourth-order valence-corrected chi connectivity index (χ4v) is 6.25. The maximum atomic E-state index is 13.8. The van der Waals surface area contributed by atoms with Gasteiger partial charge in [-0.25, -0.2) is 4.98 Å². The second kappa shape index (κ2) is 7.78. The number of nitrogens with two attached hydrogens (primary N) is 1. The van der Waals surface area contributed by atoms with Crippen molar-refractivity contribution in [3.8, 4) is 0 Å². The second-order valence-corrected chi connectivity index (χ2v) is 9.40. The minimum absolute atomic E-state index is 0.159. The maximum Gasteiger partial charge on any atom is 0.266 e. The zero-order chi connectivity index (χ0) is 19.0. The third kappa shape index (κ3) is 3.58. The third-order valence-electron chi connectivity index (χ3n) is 6.39. The standard InChI is InChI=1S/C22H31N3OS/c1-14-13-15(2)24-21-18(14)19(23)20(27-21)22(26)25(16-9-5-3-6-10-16)17-11-7-4-8-12-17/h13,16-17H,3-12,23H2,1-2H3. The molecule has 146 valence electrons. The number of anilines is 1. The summed E-state index contributed by atoms with van der Waals surface area (Å²) in [5.74, 6) is 0.159. The van der Waals surface area contributed by atoms with Crippen molar-refractivity contribution in [2.24, 2.45) is 0 Å². The van der Waals surface area contributed by atoms with Gasteiger partial charge in [-0.2, -0.15) is 0 Å². The van der Waals surface area contributed by atoms with Crippen LogP contribution in [0.1, 0.15) is 85.1 Å². The van der Waals surface area contributed by atoms with Gasteiger partial charge < -0.3 is 10.6 Å². The highest BCUT2D eigenvalue weighted by atomic mass is 32.1. The Morgan fingerprint density at radius 1 is 1.04 bits per heavy atom. The number of hydrogen-bond acceptors (Lipinski definition) is 4. The van der Waals surface area contributed by atoms with Crippen LogP contribution in [0.5, 0.6) is 0 Å². The highest BCUT2D eigenvalue weighted by molar-refractivity contribution is 7.21. The molecule has 0 spiro atoms. The topological polar surface area (TPSA) is 59.2 Å². The molecule has 0 saturated heterocycles. The number of fused-ring (bicyclic) bond motifs is 1. The Bertz CT molecular complexity index is 814. The molecule has 0 unspecified atom stereocenters. The summed E-state index contributed by atoms with van der Waals surface area (Å²) in [6.45, 7) is 4.06. The number of aromatic nitrogens is 1. The zero-order valence-corrected chi connectivity index (χ0v) is 17.4. The van der Waals surface area contributed by atoms with E-state index in [1.54, 1.807) is 0 Å². The summed E-state index contributed by atoms with van der Waals surface area (Å²) in [7, 11) is 0. The van der Waals surface area contributed by atoms with Crippen LogP contribution in [0.4, 0.5) is 5.69 Å². The number of amides is 1. The summed E-state index contributed by atoms with van der Waals surface area (Å²) in [6.07, 6.45) is 12.1. The summed E-state index contributed by atoms with van der Waals surface area (Å²) in [4.78, 5) is 22.3. The van der Waals surface area contributed by atoms with E-state index in [0.717, 1.165) is 47.2 Å². The van der Waals surface area contributed by atoms with Crippen LogP contribution in [0, 0.1) is 13.8 Å². The fourth-order valence-electron chi connectivity index (χ4n) is 5.09. The number of nitrogens with zero attached hydrogens (tertiary/aromatic N) is 2. The highest BCUT2D eigenvalue weighted by Gasteiger charge is 2.35. The van der Waals surface area contributed by atoms with E-state index in [4.69, 9.17) is 5.73 Å². The quantitative estimate of drug-likeness (QED) is 0.748. The Morgan fingerprint density at radius 2 is 1.59 bits per heavy atom. The predicted octanol–water partition coefficient (Wildman–Crippen LogP) is 5.60. The first-order valence-electron chi connectivity index (χ1n) is 10.5. The third-order valence-corrected chi connectivity index (χ3v) is 7.48. The molecule has 0 radical (unpaired) electrons. The number of hydrogen-bond donors (Lipinski definition) is 1. The van der Waals surface area contributed by atoms with Gasteiger partial charge in [-0.05, 0) is 51.2 Å². The molecule has 4 nitrogen and oxygen atoms in total. The Labute approximate surface area is 166 Å². The Hall–Kier alpha value is -1.62. The average molecular weight is 386 g/mol. The normalized spacial score (nSPS) is 19.5. The monoisotopic (exact) mass is 385 g/mol. The number of rotatable bonds is 3. The van der Waals surface area contributed by atoms with E-state index in [1.807, 2.05) is 6.92 Å². The smallest absolute Gasteiger partial charge is 0.266 e.